The van der Waals surface area contributed by atoms with Gasteiger partial charge in [0.15, 0.2) is 11.6 Å². The van der Waals surface area contributed by atoms with Gasteiger partial charge >= 0.3 is 0 Å². The standard InChI is InChI=1S/C26H19FN6O3/c1-14-4-3-5-20(31-14)36-19-11-10-17-18(23(19)27)12-28-25-22-21(17)24(32(2)26(22)30-13-29-25)15-6-8-16(9-7-15)33(34)35/h3-11,13H,12H2,1-2H3,(H,28,29,30). The average Bonchev–Trinajstić information content (AvgIpc) is 3.06. The summed E-state index contributed by atoms with van der Waals surface area (Å²) < 4.78 is 23.6. The van der Waals surface area contributed by atoms with Crippen LogP contribution in [0.2, 0.25) is 0 Å². The van der Waals surface area contributed by atoms with Gasteiger partial charge in [-0.15, -0.1) is 0 Å². The molecule has 2 aromatic carbocycles. The molecule has 0 aliphatic carbocycles. The van der Waals surface area contributed by atoms with Crippen molar-refractivity contribution >= 4 is 22.5 Å². The van der Waals surface area contributed by atoms with Gasteiger partial charge in [-0.3, -0.25) is 10.1 Å². The van der Waals surface area contributed by atoms with Crippen LogP contribution >= 0.6 is 0 Å². The minimum absolute atomic E-state index is 0.0106. The van der Waals surface area contributed by atoms with Crippen LogP contribution in [-0.2, 0) is 13.6 Å². The van der Waals surface area contributed by atoms with E-state index in [9.17, 15) is 10.1 Å². The summed E-state index contributed by atoms with van der Waals surface area (Å²) in [5.74, 6) is 0.445. The molecule has 0 saturated heterocycles. The van der Waals surface area contributed by atoms with Gasteiger partial charge in [-0.2, -0.15) is 0 Å². The molecule has 0 unspecified atom stereocenters. The zero-order valence-electron chi connectivity index (χ0n) is 19.3. The van der Waals surface area contributed by atoms with Crippen molar-refractivity contribution in [1.82, 2.24) is 19.5 Å². The van der Waals surface area contributed by atoms with Gasteiger partial charge in [0.2, 0.25) is 5.88 Å². The monoisotopic (exact) mass is 482 g/mol. The molecule has 1 aliphatic rings. The predicted octanol–water partition coefficient (Wildman–Crippen LogP) is 5.77. The summed E-state index contributed by atoms with van der Waals surface area (Å²) in [7, 11) is 1.86. The second-order valence-corrected chi connectivity index (χ2v) is 8.48. The van der Waals surface area contributed by atoms with Crippen LogP contribution < -0.4 is 10.1 Å². The molecule has 10 heteroatoms. The number of hydrogen-bond acceptors (Lipinski definition) is 7. The molecule has 5 aromatic rings. The molecule has 0 amide bonds. The number of non-ortho nitro benzene ring substituents is 1. The Morgan fingerprint density at radius 2 is 1.92 bits per heavy atom. The molecular formula is C26H19FN6O3. The Hall–Kier alpha value is -4.86. The van der Waals surface area contributed by atoms with Crippen LogP contribution in [0.15, 0.2) is 60.9 Å². The summed E-state index contributed by atoms with van der Waals surface area (Å²) in [6.45, 7) is 2.02. The number of aromatic nitrogens is 4. The van der Waals surface area contributed by atoms with Crippen LogP contribution in [0, 0.1) is 22.9 Å². The molecular weight excluding hydrogens is 463 g/mol. The number of nitrogens with zero attached hydrogens (tertiary/aromatic N) is 5. The zero-order chi connectivity index (χ0) is 25.0. The molecule has 0 bridgehead atoms. The summed E-state index contributed by atoms with van der Waals surface area (Å²) in [5, 5.41) is 15.2. The number of aryl methyl sites for hydroxylation is 2. The molecule has 0 saturated carbocycles. The molecule has 36 heavy (non-hydrogen) atoms. The molecule has 0 radical (unpaired) electrons. The number of nitrogens with one attached hydrogen (secondary N) is 1. The fourth-order valence-electron chi connectivity index (χ4n) is 4.67. The number of nitro groups is 1. The number of nitro benzene ring substituents is 1. The van der Waals surface area contributed by atoms with Crippen molar-refractivity contribution in [3.8, 4) is 34.0 Å². The predicted molar refractivity (Wildman–Crippen MR) is 132 cm³/mol. The van der Waals surface area contributed by atoms with E-state index in [0.29, 0.717) is 28.5 Å². The minimum atomic E-state index is -0.504. The Kier molecular flexibility index (Phi) is 4.89. The molecule has 178 valence electrons. The fraction of sp³-hybridized carbons (Fsp3) is 0.115. The largest absolute Gasteiger partial charge is 0.436 e. The van der Waals surface area contributed by atoms with Gasteiger partial charge < -0.3 is 14.6 Å². The van der Waals surface area contributed by atoms with Crippen molar-refractivity contribution in [3.63, 3.8) is 0 Å². The summed E-state index contributed by atoms with van der Waals surface area (Å²) in [5.41, 5.74) is 4.72. The van der Waals surface area contributed by atoms with Crippen LogP contribution in [0.1, 0.15) is 11.3 Å². The van der Waals surface area contributed by atoms with Crippen molar-refractivity contribution in [2.45, 2.75) is 13.5 Å². The summed E-state index contributed by atoms with van der Waals surface area (Å²) in [4.78, 5) is 23.9. The lowest BCUT2D eigenvalue weighted by Gasteiger charge is -2.15. The third kappa shape index (κ3) is 3.34. The molecule has 9 nitrogen and oxygen atoms in total. The number of pyridine rings is 1. The highest BCUT2D eigenvalue weighted by atomic mass is 19.1. The minimum Gasteiger partial charge on any atom is -0.436 e. The van der Waals surface area contributed by atoms with Crippen molar-refractivity contribution < 1.29 is 14.1 Å². The Labute approximate surface area is 204 Å². The van der Waals surface area contributed by atoms with Crippen molar-refractivity contribution in [2.75, 3.05) is 5.32 Å². The Bertz CT molecular complexity index is 1680. The van der Waals surface area contributed by atoms with Gasteiger partial charge in [0.25, 0.3) is 5.69 Å². The second kappa shape index (κ2) is 8.12. The molecule has 0 fully saturated rings. The average molecular weight is 482 g/mol. The summed E-state index contributed by atoms with van der Waals surface area (Å²) in [6.07, 6.45) is 1.46. The van der Waals surface area contributed by atoms with E-state index < -0.39 is 10.7 Å². The van der Waals surface area contributed by atoms with E-state index in [1.54, 1.807) is 30.3 Å². The summed E-state index contributed by atoms with van der Waals surface area (Å²) >= 11 is 0. The SMILES string of the molecule is Cc1cccc(Oc2ccc3c(c2F)CNc2ncnc4c2c-3c(-c2ccc([N+](=O)[O-])cc2)n4C)n1. The number of halogens is 1. The van der Waals surface area contributed by atoms with Gasteiger partial charge in [0.1, 0.15) is 17.8 Å². The maximum absolute atomic E-state index is 15.9. The number of benzene rings is 2. The number of anilines is 1. The lowest BCUT2D eigenvalue weighted by atomic mass is 9.95. The lowest BCUT2D eigenvalue weighted by molar-refractivity contribution is -0.384. The van der Waals surface area contributed by atoms with Crippen LogP contribution in [0.25, 0.3) is 33.4 Å². The van der Waals surface area contributed by atoms with E-state index in [4.69, 9.17) is 4.74 Å². The van der Waals surface area contributed by atoms with E-state index in [1.807, 2.05) is 30.7 Å². The smallest absolute Gasteiger partial charge is 0.269 e. The first-order valence-corrected chi connectivity index (χ1v) is 11.2. The van der Waals surface area contributed by atoms with Crippen molar-refractivity contribution in [2.24, 2.45) is 7.05 Å². The van der Waals surface area contributed by atoms with E-state index >= 15 is 4.39 Å². The maximum Gasteiger partial charge on any atom is 0.269 e. The number of rotatable bonds is 4. The molecule has 0 spiro atoms. The topological polar surface area (TPSA) is 108 Å². The zero-order valence-corrected chi connectivity index (χ0v) is 19.3. The maximum atomic E-state index is 15.9. The third-order valence-electron chi connectivity index (χ3n) is 6.31. The van der Waals surface area contributed by atoms with Crippen LogP contribution in [0.3, 0.4) is 0 Å². The molecule has 0 atom stereocenters. The second-order valence-electron chi connectivity index (χ2n) is 8.48. The first-order valence-electron chi connectivity index (χ1n) is 11.2. The highest BCUT2D eigenvalue weighted by molar-refractivity contribution is 6.09. The van der Waals surface area contributed by atoms with E-state index in [2.05, 4.69) is 20.3 Å². The molecule has 1 N–H and O–H groups in total. The molecule has 1 aliphatic heterocycles. The van der Waals surface area contributed by atoms with Gasteiger partial charge in [0.05, 0.1) is 16.0 Å². The summed E-state index contributed by atoms with van der Waals surface area (Å²) in [6, 6.07) is 15.0. The van der Waals surface area contributed by atoms with Gasteiger partial charge in [-0.1, -0.05) is 12.1 Å². The van der Waals surface area contributed by atoms with Gasteiger partial charge in [-0.05, 0) is 42.3 Å². The van der Waals surface area contributed by atoms with Crippen LogP contribution in [0.4, 0.5) is 15.9 Å². The number of fused-ring (bicyclic) bond motifs is 2. The first kappa shape index (κ1) is 21.7. The highest BCUT2D eigenvalue weighted by Gasteiger charge is 2.29. The van der Waals surface area contributed by atoms with E-state index in [-0.39, 0.29) is 18.0 Å². The van der Waals surface area contributed by atoms with Crippen molar-refractivity contribution in [3.05, 3.63) is 88.1 Å². The number of hydrogen-bond donors (Lipinski definition) is 1. The lowest BCUT2D eigenvalue weighted by Crippen LogP contribution is -2.05. The highest BCUT2D eigenvalue weighted by Crippen LogP contribution is 2.46. The van der Waals surface area contributed by atoms with Crippen molar-refractivity contribution in [1.29, 1.82) is 0 Å². The van der Waals surface area contributed by atoms with Gasteiger partial charge in [0, 0.05) is 48.6 Å². The van der Waals surface area contributed by atoms with Crippen LogP contribution in [-0.4, -0.2) is 24.4 Å². The fourth-order valence-corrected chi connectivity index (χ4v) is 4.67. The third-order valence-corrected chi connectivity index (χ3v) is 6.31. The normalized spacial score (nSPS) is 12.1. The van der Waals surface area contributed by atoms with E-state index in [1.165, 1.54) is 18.5 Å². The Morgan fingerprint density at radius 3 is 2.67 bits per heavy atom. The first-order chi connectivity index (χ1) is 17.4. The van der Waals surface area contributed by atoms with E-state index in [0.717, 1.165) is 27.9 Å². The molecule has 4 heterocycles. The molecule has 3 aromatic heterocycles. The van der Waals surface area contributed by atoms with Crippen LogP contribution in [0.5, 0.6) is 11.6 Å². The van der Waals surface area contributed by atoms with Gasteiger partial charge in [-0.25, -0.2) is 19.3 Å². The quantitative estimate of drug-likeness (QED) is 0.256. The Balaban J connectivity index is 1.57. The number of ether oxygens (including phenoxy) is 1. The Morgan fingerprint density at radius 1 is 1.11 bits per heavy atom. The molecule has 6 rings (SSSR count).